The Hall–Kier alpha value is -2.76. The molecule has 0 bridgehead atoms. The molecule has 5 aromatic rings. The predicted molar refractivity (Wildman–Crippen MR) is 90.8 cm³/mol. The fraction of sp³-hybridized carbons (Fsp3) is 0. The third-order valence-electron chi connectivity index (χ3n) is 4.31. The molecule has 0 aliphatic heterocycles. The number of hydrogen-bond donors (Lipinski definition) is 2. The summed E-state index contributed by atoms with van der Waals surface area (Å²) in [6, 6.07) is 17.0. The van der Waals surface area contributed by atoms with Crippen molar-refractivity contribution in [1.82, 2.24) is 0 Å². The van der Waals surface area contributed by atoms with Gasteiger partial charge in [0.2, 0.25) is 0 Å². The minimum atomic E-state index is -1.57. The number of para-hydroxylation sites is 2. The maximum Gasteiger partial charge on any atom is 0.492 e. The van der Waals surface area contributed by atoms with Gasteiger partial charge in [0.05, 0.1) is 0 Å². The summed E-state index contributed by atoms with van der Waals surface area (Å²) in [5, 5.41) is 22.9. The van der Waals surface area contributed by atoms with Crippen molar-refractivity contribution in [3.63, 3.8) is 0 Å². The highest BCUT2D eigenvalue weighted by Crippen LogP contribution is 2.39. The topological polar surface area (TPSA) is 66.7 Å². The van der Waals surface area contributed by atoms with Gasteiger partial charge >= 0.3 is 7.12 Å². The van der Waals surface area contributed by atoms with E-state index in [-0.39, 0.29) is 0 Å². The van der Waals surface area contributed by atoms with E-state index in [2.05, 4.69) is 0 Å². The highest BCUT2D eigenvalue weighted by atomic mass is 16.4. The Labute approximate surface area is 130 Å². The molecule has 0 aliphatic rings. The molecule has 5 rings (SSSR count). The van der Waals surface area contributed by atoms with Crippen LogP contribution in [0.2, 0.25) is 0 Å². The van der Waals surface area contributed by atoms with Crippen molar-refractivity contribution in [2.75, 3.05) is 0 Å². The van der Waals surface area contributed by atoms with Crippen LogP contribution in [-0.2, 0) is 0 Å². The second-order valence-corrected chi connectivity index (χ2v) is 5.61. The third-order valence-corrected chi connectivity index (χ3v) is 4.31. The molecule has 0 saturated heterocycles. The molecule has 0 unspecified atom stereocenters. The fourth-order valence-electron chi connectivity index (χ4n) is 3.33. The Balaban J connectivity index is 2.08. The van der Waals surface area contributed by atoms with Crippen molar-refractivity contribution >= 4 is 56.5 Å². The van der Waals surface area contributed by atoms with Gasteiger partial charge in [0.1, 0.15) is 22.3 Å². The summed E-state index contributed by atoms with van der Waals surface area (Å²) < 4.78 is 11.8. The van der Waals surface area contributed by atoms with Gasteiger partial charge in [0.15, 0.2) is 0 Å². The van der Waals surface area contributed by atoms with Crippen LogP contribution in [0.4, 0.5) is 0 Å². The second kappa shape index (κ2) is 4.38. The highest BCUT2D eigenvalue weighted by molar-refractivity contribution is 6.62. The van der Waals surface area contributed by atoms with E-state index in [1.807, 2.05) is 42.5 Å². The Bertz CT molecular complexity index is 1200. The van der Waals surface area contributed by atoms with E-state index in [0.29, 0.717) is 16.6 Å². The molecule has 2 heterocycles. The zero-order chi connectivity index (χ0) is 15.6. The maximum absolute atomic E-state index is 9.57. The van der Waals surface area contributed by atoms with Crippen molar-refractivity contribution in [2.45, 2.75) is 0 Å². The fourth-order valence-corrected chi connectivity index (χ4v) is 3.33. The Morgan fingerprint density at radius 1 is 0.652 bits per heavy atom. The Morgan fingerprint density at radius 3 is 2.17 bits per heavy atom. The predicted octanol–water partition coefficient (Wildman–Crippen LogP) is 3.17. The van der Waals surface area contributed by atoms with Crippen molar-refractivity contribution in [2.24, 2.45) is 0 Å². The largest absolute Gasteiger partial charge is 0.492 e. The molecule has 0 radical (unpaired) electrons. The number of hydrogen-bond acceptors (Lipinski definition) is 4. The van der Waals surface area contributed by atoms with E-state index in [4.69, 9.17) is 8.83 Å². The average molecular weight is 302 g/mol. The summed E-state index contributed by atoms with van der Waals surface area (Å²) >= 11 is 0. The quantitative estimate of drug-likeness (QED) is 0.467. The molecular weight excluding hydrogens is 291 g/mol. The Morgan fingerprint density at radius 2 is 1.35 bits per heavy atom. The van der Waals surface area contributed by atoms with Gasteiger partial charge in [-0.25, -0.2) is 0 Å². The first kappa shape index (κ1) is 12.8. The van der Waals surface area contributed by atoms with Crippen LogP contribution in [0.5, 0.6) is 0 Å². The SMILES string of the molecule is OB(O)c1cccc2c1oc1ccc3oc4ccccc4c3c12. The van der Waals surface area contributed by atoms with Crippen LogP contribution in [-0.4, -0.2) is 17.2 Å². The van der Waals surface area contributed by atoms with E-state index in [9.17, 15) is 10.0 Å². The molecule has 0 atom stereocenters. The zero-order valence-electron chi connectivity index (χ0n) is 12.0. The van der Waals surface area contributed by atoms with Gasteiger partial charge in [-0.1, -0.05) is 36.4 Å². The number of benzene rings is 3. The standard InChI is InChI=1S/C18H11BO4/c20-19(21)12-6-3-5-11-17-15(23-18(11)12)9-8-14-16(17)10-4-1-2-7-13(10)22-14/h1-9,20-21H. The van der Waals surface area contributed by atoms with Gasteiger partial charge in [-0.05, 0) is 18.2 Å². The van der Waals surface area contributed by atoms with Crippen LogP contribution < -0.4 is 5.46 Å². The first-order valence-corrected chi connectivity index (χ1v) is 7.35. The van der Waals surface area contributed by atoms with Gasteiger partial charge in [0.25, 0.3) is 0 Å². The molecule has 0 spiro atoms. The minimum absolute atomic E-state index is 0.361. The summed E-state index contributed by atoms with van der Waals surface area (Å²) in [5.74, 6) is 0. The second-order valence-electron chi connectivity index (χ2n) is 5.61. The normalized spacial score (nSPS) is 11.9. The van der Waals surface area contributed by atoms with E-state index >= 15 is 0 Å². The molecule has 0 saturated carbocycles. The van der Waals surface area contributed by atoms with Crippen molar-refractivity contribution in [3.05, 3.63) is 54.6 Å². The van der Waals surface area contributed by atoms with Crippen LogP contribution in [0.25, 0.3) is 43.9 Å². The van der Waals surface area contributed by atoms with E-state index in [1.54, 1.807) is 12.1 Å². The van der Waals surface area contributed by atoms with Crippen LogP contribution in [0.3, 0.4) is 0 Å². The van der Waals surface area contributed by atoms with Crippen molar-refractivity contribution in [1.29, 1.82) is 0 Å². The summed E-state index contributed by atoms with van der Waals surface area (Å²) in [4.78, 5) is 0. The maximum atomic E-state index is 9.57. The van der Waals surface area contributed by atoms with E-state index in [1.165, 1.54) is 0 Å². The van der Waals surface area contributed by atoms with Crippen LogP contribution in [0.15, 0.2) is 63.4 Å². The third kappa shape index (κ3) is 1.63. The van der Waals surface area contributed by atoms with Gasteiger partial charge in [0, 0.05) is 27.0 Å². The van der Waals surface area contributed by atoms with Crippen molar-refractivity contribution < 1.29 is 18.9 Å². The summed E-state index contributed by atoms with van der Waals surface area (Å²) in [5.41, 5.74) is 3.17. The molecule has 0 fully saturated rings. The molecule has 2 aromatic heterocycles. The van der Waals surface area contributed by atoms with Gasteiger partial charge in [-0.15, -0.1) is 0 Å². The molecule has 110 valence electrons. The van der Waals surface area contributed by atoms with E-state index < -0.39 is 7.12 Å². The lowest BCUT2D eigenvalue weighted by Gasteiger charge is -1.99. The monoisotopic (exact) mass is 302 g/mol. The Kier molecular flexibility index (Phi) is 2.43. The molecule has 4 nitrogen and oxygen atoms in total. The van der Waals surface area contributed by atoms with Crippen molar-refractivity contribution in [3.8, 4) is 0 Å². The molecular formula is C18H11BO4. The molecule has 3 aromatic carbocycles. The number of rotatable bonds is 1. The van der Waals surface area contributed by atoms with E-state index in [0.717, 1.165) is 32.7 Å². The molecule has 0 aliphatic carbocycles. The highest BCUT2D eigenvalue weighted by Gasteiger charge is 2.21. The van der Waals surface area contributed by atoms with Gasteiger partial charge in [-0.3, -0.25) is 0 Å². The average Bonchev–Trinajstić information content (AvgIpc) is 3.11. The lowest BCUT2D eigenvalue weighted by atomic mass is 9.79. The first-order valence-electron chi connectivity index (χ1n) is 7.35. The number of fused-ring (bicyclic) bond motifs is 7. The molecule has 0 amide bonds. The molecule has 5 heteroatoms. The lowest BCUT2D eigenvalue weighted by Crippen LogP contribution is -2.29. The zero-order valence-corrected chi connectivity index (χ0v) is 12.0. The lowest BCUT2D eigenvalue weighted by molar-refractivity contribution is 0.425. The molecule has 23 heavy (non-hydrogen) atoms. The minimum Gasteiger partial charge on any atom is -0.456 e. The summed E-state index contributed by atoms with van der Waals surface area (Å²) in [6.45, 7) is 0. The van der Waals surface area contributed by atoms with Crippen LogP contribution in [0.1, 0.15) is 0 Å². The van der Waals surface area contributed by atoms with Gasteiger partial charge in [-0.2, -0.15) is 0 Å². The summed E-state index contributed by atoms with van der Waals surface area (Å²) in [7, 11) is -1.57. The molecule has 2 N–H and O–H groups in total. The van der Waals surface area contributed by atoms with Crippen LogP contribution >= 0.6 is 0 Å². The van der Waals surface area contributed by atoms with Crippen LogP contribution in [0, 0.1) is 0 Å². The number of furan rings is 2. The van der Waals surface area contributed by atoms with Gasteiger partial charge < -0.3 is 18.9 Å². The summed E-state index contributed by atoms with van der Waals surface area (Å²) in [6.07, 6.45) is 0. The first-order chi connectivity index (χ1) is 11.2. The smallest absolute Gasteiger partial charge is 0.456 e.